The molecule has 1 aromatic carbocycles. The lowest BCUT2D eigenvalue weighted by atomic mass is 10.0. The van der Waals surface area contributed by atoms with Gasteiger partial charge in [0.1, 0.15) is 18.0 Å². The topological polar surface area (TPSA) is 53.0 Å². The Morgan fingerprint density at radius 1 is 1.15 bits per heavy atom. The quantitative estimate of drug-likeness (QED) is 0.896. The highest BCUT2D eigenvalue weighted by Crippen LogP contribution is 2.27. The molecule has 0 radical (unpaired) electrons. The predicted molar refractivity (Wildman–Crippen MR) is 102 cm³/mol. The molecule has 26 heavy (non-hydrogen) atoms. The van der Waals surface area contributed by atoms with E-state index in [0.29, 0.717) is 25.7 Å². The van der Waals surface area contributed by atoms with Crippen molar-refractivity contribution in [3.63, 3.8) is 0 Å². The van der Waals surface area contributed by atoms with Crippen LogP contribution >= 0.6 is 0 Å². The molecule has 0 aromatic heterocycles. The highest BCUT2D eigenvalue weighted by atomic mass is 16.5. The molecule has 1 aliphatic heterocycles. The summed E-state index contributed by atoms with van der Waals surface area (Å²) in [6, 6.07) is 6.61. The van der Waals surface area contributed by atoms with Gasteiger partial charge < -0.3 is 14.7 Å². The van der Waals surface area contributed by atoms with Gasteiger partial charge in [0, 0.05) is 32.6 Å². The molecule has 5 heteroatoms. The van der Waals surface area contributed by atoms with Gasteiger partial charge in [0.15, 0.2) is 0 Å². The average molecular weight is 360 g/mol. The van der Waals surface area contributed by atoms with Crippen molar-refractivity contribution in [1.82, 2.24) is 9.80 Å². The second-order valence-electron chi connectivity index (χ2n) is 8.19. The van der Waals surface area contributed by atoms with Gasteiger partial charge in [-0.3, -0.25) is 9.69 Å². The van der Waals surface area contributed by atoms with E-state index in [9.17, 15) is 9.90 Å². The first kappa shape index (κ1) is 19.2. The maximum Gasteiger partial charge on any atom is 0.219 e. The van der Waals surface area contributed by atoms with Crippen LogP contribution in [0.2, 0.25) is 0 Å². The van der Waals surface area contributed by atoms with E-state index in [4.69, 9.17) is 4.74 Å². The molecule has 1 aromatic rings. The van der Waals surface area contributed by atoms with Crippen molar-refractivity contribution in [1.29, 1.82) is 0 Å². The van der Waals surface area contributed by atoms with Crippen LogP contribution in [0.15, 0.2) is 18.2 Å². The van der Waals surface area contributed by atoms with Crippen molar-refractivity contribution in [2.75, 3.05) is 32.8 Å². The molecule has 1 saturated carbocycles. The minimum atomic E-state index is -1.05. The number of nitrogens with zero attached hydrogens (tertiary/aromatic N) is 2. The number of rotatable bonds is 4. The van der Waals surface area contributed by atoms with Gasteiger partial charge in [-0.15, -0.1) is 0 Å². The fourth-order valence-corrected chi connectivity index (χ4v) is 4.37. The van der Waals surface area contributed by atoms with Crippen molar-refractivity contribution in [3.05, 3.63) is 29.3 Å². The number of carbonyl (C=O) groups excluding carboxylic acids is 1. The fourth-order valence-electron chi connectivity index (χ4n) is 4.37. The highest BCUT2D eigenvalue weighted by Gasteiger charge is 2.39. The van der Waals surface area contributed by atoms with Gasteiger partial charge in [-0.2, -0.15) is 0 Å². The molecular formula is C21H32N2O3. The van der Waals surface area contributed by atoms with E-state index < -0.39 is 5.60 Å². The van der Waals surface area contributed by atoms with Crippen LogP contribution in [0.1, 0.15) is 43.7 Å². The summed E-state index contributed by atoms with van der Waals surface area (Å²) in [6.07, 6.45) is 4.90. The minimum Gasteiger partial charge on any atom is -0.490 e. The summed E-state index contributed by atoms with van der Waals surface area (Å²) in [7, 11) is 0. The van der Waals surface area contributed by atoms with Gasteiger partial charge >= 0.3 is 0 Å². The fraction of sp³-hybridized carbons (Fsp3) is 0.667. The number of amides is 1. The normalized spacial score (nSPS) is 25.3. The summed E-state index contributed by atoms with van der Waals surface area (Å²) < 4.78 is 5.99. The third-order valence-electron chi connectivity index (χ3n) is 5.63. The summed E-state index contributed by atoms with van der Waals surface area (Å²) >= 11 is 0. The standard InChI is InChI=1S/C21H32N2O3/c1-16-10-17(2)12-20(11-16)26-15-21(25)13-22(18(3)24)8-9-23(14-21)19-6-4-5-7-19/h10-12,19,25H,4-9,13-15H2,1-3H3. The van der Waals surface area contributed by atoms with Crippen LogP contribution in [-0.4, -0.2) is 65.2 Å². The largest absolute Gasteiger partial charge is 0.490 e. The van der Waals surface area contributed by atoms with Crippen LogP contribution < -0.4 is 4.74 Å². The van der Waals surface area contributed by atoms with Crippen LogP contribution in [0.5, 0.6) is 5.75 Å². The van der Waals surface area contributed by atoms with Gasteiger partial charge in [0.05, 0.1) is 6.54 Å². The van der Waals surface area contributed by atoms with E-state index in [-0.39, 0.29) is 12.5 Å². The molecule has 2 aliphatic rings. The zero-order chi connectivity index (χ0) is 18.7. The zero-order valence-corrected chi connectivity index (χ0v) is 16.3. The monoisotopic (exact) mass is 360 g/mol. The number of benzene rings is 1. The number of aryl methyl sites for hydroxylation is 2. The predicted octanol–water partition coefficient (Wildman–Crippen LogP) is 2.52. The molecule has 0 spiro atoms. The van der Waals surface area contributed by atoms with Crippen molar-refractivity contribution in [2.45, 2.75) is 58.1 Å². The lowest BCUT2D eigenvalue weighted by Crippen LogP contribution is -2.53. The van der Waals surface area contributed by atoms with E-state index in [1.807, 2.05) is 26.0 Å². The lowest BCUT2D eigenvalue weighted by Gasteiger charge is -2.35. The van der Waals surface area contributed by atoms with Crippen molar-refractivity contribution in [2.24, 2.45) is 0 Å². The molecule has 1 amide bonds. The average Bonchev–Trinajstić information content (AvgIpc) is 3.03. The van der Waals surface area contributed by atoms with E-state index >= 15 is 0 Å². The van der Waals surface area contributed by atoms with E-state index in [0.717, 1.165) is 23.4 Å². The van der Waals surface area contributed by atoms with Crippen molar-refractivity contribution >= 4 is 5.91 Å². The zero-order valence-electron chi connectivity index (χ0n) is 16.3. The van der Waals surface area contributed by atoms with Crippen molar-refractivity contribution in [3.8, 4) is 5.75 Å². The molecule has 2 fully saturated rings. The highest BCUT2D eigenvalue weighted by molar-refractivity contribution is 5.73. The SMILES string of the molecule is CC(=O)N1CCN(C2CCCC2)CC(O)(COc2cc(C)cc(C)c2)C1. The summed E-state index contributed by atoms with van der Waals surface area (Å²) in [4.78, 5) is 16.1. The van der Waals surface area contributed by atoms with Crippen LogP contribution in [-0.2, 0) is 4.79 Å². The third-order valence-corrected chi connectivity index (χ3v) is 5.63. The number of hydrogen-bond donors (Lipinski definition) is 1. The Hall–Kier alpha value is -1.59. The van der Waals surface area contributed by atoms with Crippen LogP contribution in [0.4, 0.5) is 0 Å². The van der Waals surface area contributed by atoms with Gasteiger partial charge in [-0.25, -0.2) is 0 Å². The lowest BCUT2D eigenvalue weighted by molar-refractivity contribution is -0.132. The van der Waals surface area contributed by atoms with Gasteiger partial charge in [0.25, 0.3) is 0 Å². The molecule has 1 N–H and O–H groups in total. The van der Waals surface area contributed by atoms with E-state index in [1.165, 1.54) is 25.7 Å². The number of hydrogen-bond acceptors (Lipinski definition) is 4. The van der Waals surface area contributed by atoms with Gasteiger partial charge in [0.2, 0.25) is 5.91 Å². The van der Waals surface area contributed by atoms with Crippen molar-refractivity contribution < 1.29 is 14.6 Å². The molecule has 1 aliphatic carbocycles. The second kappa shape index (κ2) is 7.97. The Kier molecular flexibility index (Phi) is 5.88. The van der Waals surface area contributed by atoms with E-state index in [2.05, 4.69) is 11.0 Å². The third kappa shape index (κ3) is 4.77. The molecule has 5 nitrogen and oxygen atoms in total. The Balaban J connectivity index is 1.74. The van der Waals surface area contributed by atoms with Crippen LogP contribution in [0, 0.1) is 13.8 Å². The molecule has 1 heterocycles. The summed E-state index contributed by atoms with van der Waals surface area (Å²) in [6.45, 7) is 8.26. The first-order valence-electron chi connectivity index (χ1n) is 9.78. The Bertz CT molecular complexity index is 622. The molecule has 144 valence electrons. The maximum atomic E-state index is 12.0. The molecule has 3 rings (SSSR count). The number of β-amino-alcohol motifs (C(OH)–C–C–N with tert-alkyl or cyclic N) is 1. The number of aliphatic hydroxyl groups is 1. The van der Waals surface area contributed by atoms with Gasteiger partial charge in [-0.05, 0) is 49.9 Å². The number of ether oxygens (including phenoxy) is 1. The Morgan fingerprint density at radius 3 is 2.42 bits per heavy atom. The molecule has 1 saturated heterocycles. The molecule has 0 bridgehead atoms. The number of carbonyl (C=O) groups is 1. The summed E-state index contributed by atoms with van der Waals surface area (Å²) in [5, 5.41) is 11.3. The Morgan fingerprint density at radius 2 is 1.81 bits per heavy atom. The maximum absolute atomic E-state index is 12.0. The van der Waals surface area contributed by atoms with E-state index in [1.54, 1.807) is 11.8 Å². The molecular weight excluding hydrogens is 328 g/mol. The van der Waals surface area contributed by atoms with Crippen LogP contribution in [0.25, 0.3) is 0 Å². The molecule has 1 unspecified atom stereocenters. The van der Waals surface area contributed by atoms with Gasteiger partial charge in [-0.1, -0.05) is 18.9 Å². The summed E-state index contributed by atoms with van der Waals surface area (Å²) in [5.41, 5.74) is 1.24. The summed E-state index contributed by atoms with van der Waals surface area (Å²) in [5.74, 6) is 0.796. The first-order valence-corrected chi connectivity index (χ1v) is 9.78. The first-order chi connectivity index (χ1) is 12.3. The minimum absolute atomic E-state index is 0.0168. The second-order valence-corrected chi connectivity index (χ2v) is 8.19. The smallest absolute Gasteiger partial charge is 0.219 e. The molecule has 1 atom stereocenters. The Labute approximate surface area is 156 Å². The van der Waals surface area contributed by atoms with Crippen LogP contribution in [0.3, 0.4) is 0 Å².